The number of carbonyl (C=O) groups is 1. The molecule has 0 amide bonds. The minimum Gasteiger partial charge on any atom is -0.321 e. The molecule has 0 spiro atoms. The fourth-order valence-electron chi connectivity index (χ4n) is 2.78. The number of rotatable bonds is 9. The van der Waals surface area contributed by atoms with Crippen molar-refractivity contribution < 1.29 is 4.79 Å². The van der Waals surface area contributed by atoms with Crippen molar-refractivity contribution in [3.63, 3.8) is 0 Å². The Morgan fingerprint density at radius 2 is 1.83 bits per heavy atom. The third-order valence-electron chi connectivity index (χ3n) is 4.20. The molecule has 1 aromatic heterocycles. The Hall–Kier alpha value is -2.00. The number of pyridine rings is 1. The van der Waals surface area contributed by atoms with Gasteiger partial charge in [0.15, 0.2) is 5.78 Å². The second-order valence-electron chi connectivity index (χ2n) is 6.17. The number of unbranched alkanes of at least 4 members (excludes halogenated alkanes) is 1. The number of hydrogen-bond donors (Lipinski definition) is 1. The van der Waals surface area contributed by atoms with Gasteiger partial charge in [0.05, 0.1) is 6.04 Å². The van der Waals surface area contributed by atoms with E-state index in [1.807, 2.05) is 61.7 Å². The number of aromatic nitrogens is 1. The number of carbonyl (C=O) groups excluding carboxylic acids is 1. The maximum absolute atomic E-state index is 12.4. The summed E-state index contributed by atoms with van der Waals surface area (Å²) in [5.74, 6) is 0.198. The first kappa shape index (κ1) is 17.4. The summed E-state index contributed by atoms with van der Waals surface area (Å²) >= 11 is 0. The smallest absolute Gasteiger partial charge is 0.152 e. The van der Waals surface area contributed by atoms with Crippen molar-refractivity contribution in [3.05, 3.63) is 66.0 Å². The molecule has 0 radical (unpaired) electrons. The second-order valence-corrected chi connectivity index (χ2v) is 6.17. The molecule has 122 valence electrons. The molecule has 2 atom stereocenters. The molecule has 0 aliphatic heterocycles. The van der Waals surface area contributed by atoms with Crippen LogP contribution in [-0.4, -0.2) is 16.8 Å². The molecule has 3 nitrogen and oxygen atoms in total. The first-order chi connectivity index (χ1) is 11.2. The minimum absolute atomic E-state index is 0.0254. The highest BCUT2D eigenvalue weighted by molar-refractivity contribution is 5.86. The second kappa shape index (κ2) is 9.21. The lowest BCUT2D eigenvalue weighted by atomic mass is 9.91. The van der Waals surface area contributed by atoms with E-state index < -0.39 is 6.04 Å². The summed E-state index contributed by atoms with van der Waals surface area (Å²) in [4.78, 5) is 16.7. The summed E-state index contributed by atoms with van der Waals surface area (Å²) in [5, 5.41) is 0. The number of benzene rings is 1. The zero-order valence-corrected chi connectivity index (χ0v) is 13.8. The Kier molecular flexibility index (Phi) is 6.95. The van der Waals surface area contributed by atoms with Crippen LogP contribution in [0.4, 0.5) is 0 Å². The first-order valence-electron chi connectivity index (χ1n) is 8.40. The fraction of sp³-hybridized carbons (Fsp3) is 0.400. The molecule has 2 N–H and O–H groups in total. The molecule has 0 fully saturated rings. The summed E-state index contributed by atoms with van der Waals surface area (Å²) in [7, 11) is 0. The van der Waals surface area contributed by atoms with E-state index in [0.29, 0.717) is 6.42 Å². The number of Topliss-reactive ketones (excluding diaryl/α,β-unsaturated/α-hetero) is 1. The van der Waals surface area contributed by atoms with Gasteiger partial charge in [-0.2, -0.15) is 0 Å². The Bertz CT molecular complexity index is 583. The zero-order chi connectivity index (χ0) is 16.5. The molecule has 3 heteroatoms. The molecule has 0 bridgehead atoms. The van der Waals surface area contributed by atoms with Crippen molar-refractivity contribution in [3.8, 4) is 0 Å². The zero-order valence-electron chi connectivity index (χ0n) is 13.8. The van der Waals surface area contributed by atoms with Crippen molar-refractivity contribution in [2.45, 2.75) is 45.1 Å². The molecule has 1 aromatic carbocycles. The van der Waals surface area contributed by atoms with E-state index >= 15 is 0 Å². The third kappa shape index (κ3) is 5.95. The van der Waals surface area contributed by atoms with Crippen LogP contribution in [0, 0.1) is 5.92 Å². The Morgan fingerprint density at radius 3 is 2.52 bits per heavy atom. The topological polar surface area (TPSA) is 56.0 Å². The number of aryl methyl sites for hydroxylation is 1. The maximum atomic E-state index is 12.4. The largest absolute Gasteiger partial charge is 0.321 e. The number of hydrogen-bond acceptors (Lipinski definition) is 3. The van der Waals surface area contributed by atoms with Crippen molar-refractivity contribution in [1.29, 1.82) is 0 Å². The Labute approximate surface area is 138 Å². The van der Waals surface area contributed by atoms with Crippen LogP contribution in [0.3, 0.4) is 0 Å². The summed E-state index contributed by atoms with van der Waals surface area (Å²) < 4.78 is 0. The highest BCUT2D eigenvalue weighted by Crippen LogP contribution is 2.14. The SMILES string of the molecule is CC(CCCCc1ccccn1)C(=O)C(N)Cc1ccccc1. The van der Waals surface area contributed by atoms with E-state index in [-0.39, 0.29) is 11.7 Å². The average Bonchev–Trinajstić information content (AvgIpc) is 2.59. The summed E-state index contributed by atoms with van der Waals surface area (Å²) in [6.07, 6.45) is 6.40. The standard InChI is InChI=1S/C20H26N2O/c1-16(9-5-6-12-18-13-7-8-14-22-18)20(23)19(21)15-17-10-3-2-4-11-17/h2-4,7-8,10-11,13-14,16,19H,5-6,9,12,15,21H2,1H3. The summed E-state index contributed by atoms with van der Waals surface area (Å²) in [6.45, 7) is 1.99. The third-order valence-corrected chi connectivity index (χ3v) is 4.20. The van der Waals surface area contributed by atoms with Crippen molar-refractivity contribution >= 4 is 5.78 Å². The molecule has 2 aromatic rings. The van der Waals surface area contributed by atoms with Gasteiger partial charge >= 0.3 is 0 Å². The van der Waals surface area contributed by atoms with Crippen LogP contribution in [0.1, 0.15) is 37.4 Å². The van der Waals surface area contributed by atoms with Crippen molar-refractivity contribution in [2.75, 3.05) is 0 Å². The van der Waals surface area contributed by atoms with Crippen LogP contribution in [-0.2, 0) is 17.6 Å². The number of ketones is 1. The van der Waals surface area contributed by atoms with Gasteiger partial charge in [0.25, 0.3) is 0 Å². The van der Waals surface area contributed by atoms with Crippen LogP contribution < -0.4 is 5.73 Å². The van der Waals surface area contributed by atoms with E-state index in [1.54, 1.807) is 0 Å². The number of nitrogens with zero attached hydrogens (tertiary/aromatic N) is 1. The lowest BCUT2D eigenvalue weighted by Gasteiger charge is -2.16. The normalized spacial score (nSPS) is 13.5. The fourth-order valence-corrected chi connectivity index (χ4v) is 2.78. The van der Waals surface area contributed by atoms with E-state index in [0.717, 1.165) is 36.9 Å². The van der Waals surface area contributed by atoms with Gasteiger partial charge in [-0.15, -0.1) is 0 Å². The van der Waals surface area contributed by atoms with Gasteiger partial charge < -0.3 is 5.73 Å². The molecule has 0 saturated heterocycles. The first-order valence-corrected chi connectivity index (χ1v) is 8.40. The van der Waals surface area contributed by atoms with Crippen LogP contribution >= 0.6 is 0 Å². The van der Waals surface area contributed by atoms with Gasteiger partial charge in [0, 0.05) is 17.8 Å². The molecule has 2 rings (SSSR count). The molecular formula is C20H26N2O. The monoisotopic (exact) mass is 310 g/mol. The van der Waals surface area contributed by atoms with E-state index in [4.69, 9.17) is 5.73 Å². The van der Waals surface area contributed by atoms with Gasteiger partial charge in [-0.3, -0.25) is 9.78 Å². The molecule has 2 unspecified atom stereocenters. The minimum atomic E-state index is -0.400. The van der Waals surface area contributed by atoms with Gasteiger partial charge in [-0.25, -0.2) is 0 Å². The van der Waals surface area contributed by atoms with E-state index in [2.05, 4.69) is 4.98 Å². The quantitative estimate of drug-likeness (QED) is 0.720. The highest BCUT2D eigenvalue weighted by atomic mass is 16.1. The molecule has 0 aliphatic rings. The summed E-state index contributed by atoms with van der Waals surface area (Å²) in [5.41, 5.74) is 8.32. The van der Waals surface area contributed by atoms with Gasteiger partial charge in [0.2, 0.25) is 0 Å². The lowest BCUT2D eigenvalue weighted by Crippen LogP contribution is -2.36. The van der Waals surface area contributed by atoms with E-state index in [1.165, 1.54) is 0 Å². The predicted octanol–water partition coefficient (Wildman–Crippen LogP) is 3.57. The van der Waals surface area contributed by atoms with Crippen LogP contribution in [0.25, 0.3) is 0 Å². The Morgan fingerprint density at radius 1 is 1.09 bits per heavy atom. The highest BCUT2D eigenvalue weighted by Gasteiger charge is 2.20. The average molecular weight is 310 g/mol. The molecular weight excluding hydrogens is 284 g/mol. The molecule has 0 aliphatic carbocycles. The molecule has 0 saturated carbocycles. The van der Waals surface area contributed by atoms with Crippen LogP contribution in [0.5, 0.6) is 0 Å². The van der Waals surface area contributed by atoms with Gasteiger partial charge in [0.1, 0.15) is 0 Å². The van der Waals surface area contributed by atoms with Crippen LogP contribution in [0.15, 0.2) is 54.7 Å². The van der Waals surface area contributed by atoms with E-state index in [9.17, 15) is 4.79 Å². The van der Waals surface area contributed by atoms with Gasteiger partial charge in [-0.05, 0) is 43.4 Å². The van der Waals surface area contributed by atoms with Gasteiger partial charge in [-0.1, -0.05) is 49.7 Å². The predicted molar refractivity (Wildman–Crippen MR) is 94.1 cm³/mol. The lowest BCUT2D eigenvalue weighted by molar-refractivity contribution is -0.123. The molecule has 1 heterocycles. The Balaban J connectivity index is 1.70. The number of nitrogens with two attached hydrogens (primary N) is 1. The van der Waals surface area contributed by atoms with Crippen LogP contribution in [0.2, 0.25) is 0 Å². The summed E-state index contributed by atoms with van der Waals surface area (Å²) in [6, 6.07) is 15.6. The van der Waals surface area contributed by atoms with Crippen molar-refractivity contribution in [1.82, 2.24) is 4.98 Å². The molecule has 23 heavy (non-hydrogen) atoms. The van der Waals surface area contributed by atoms with Crippen molar-refractivity contribution in [2.24, 2.45) is 11.7 Å². The maximum Gasteiger partial charge on any atom is 0.152 e.